The minimum absolute atomic E-state index is 0.120. The molecule has 2 saturated heterocycles. The Hall–Kier alpha value is -2.40. The van der Waals surface area contributed by atoms with Gasteiger partial charge in [-0.1, -0.05) is 43.2 Å². The Morgan fingerprint density at radius 1 is 0.933 bits per heavy atom. The molecule has 0 bridgehead atoms. The van der Waals surface area contributed by atoms with Gasteiger partial charge in [0.25, 0.3) is 0 Å². The number of halogens is 1. The first-order valence-corrected chi connectivity index (χ1v) is 11.3. The van der Waals surface area contributed by atoms with E-state index in [1.165, 1.54) is 43.4 Å². The van der Waals surface area contributed by atoms with Crippen molar-refractivity contribution in [3.05, 3.63) is 66.0 Å². The summed E-state index contributed by atoms with van der Waals surface area (Å²) >= 11 is 0. The lowest BCUT2D eigenvalue weighted by Gasteiger charge is -2.48. The monoisotopic (exact) mass is 407 g/mol. The third-order valence-electron chi connectivity index (χ3n) is 7.53. The van der Waals surface area contributed by atoms with E-state index in [1.807, 2.05) is 0 Å². The van der Waals surface area contributed by atoms with Gasteiger partial charge < -0.3 is 10.2 Å². The summed E-state index contributed by atoms with van der Waals surface area (Å²) in [7, 11) is 0. The summed E-state index contributed by atoms with van der Waals surface area (Å²) in [6.07, 6.45) is 6.70. The van der Waals surface area contributed by atoms with Gasteiger partial charge in [0.1, 0.15) is 11.4 Å². The Balaban J connectivity index is 1.34. The number of likely N-dealkylation sites (tertiary alicyclic amines) is 1. The van der Waals surface area contributed by atoms with Crippen LogP contribution >= 0.6 is 0 Å². The minimum atomic E-state index is -0.509. The maximum absolute atomic E-state index is 13.4. The Labute approximate surface area is 178 Å². The average Bonchev–Trinajstić information content (AvgIpc) is 3.11. The molecule has 2 aromatic carbocycles. The molecule has 2 heterocycles. The zero-order valence-corrected chi connectivity index (χ0v) is 17.4. The van der Waals surface area contributed by atoms with Crippen molar-refractivity contribution in [3.63, 3.8) is 0 Å². The molecular formula is C25H30FN3O. The van der Waals surface area contributed by atoms with Gasteiger partial charge in [-0.2, -0.15) is 0 Å². The molecule has 2 aliphatic heterocycles. The summed E-state index contributed by atoms with van der Waals surface area (Å²) in [5.41, 5.74) is 1.86. The lowest BCUT2D eigenvalue weighted by atomic mass is 9.77. The van der Waals surface area contributed by atoms with Crippen LogP contribution in [0.1, 0.15) is 50.0 Å². The highest BCUT2D eigenvalue weighted by Crippen LogP contribution is 2.41. The quantitative estimate of drug-likeness (QED) is 0.825. The van der Waals surface area contributed by atoms with E-state index in [-0.39, 0.29) is 11.7 Å². The van der Waals surface area contributed by atoms with Gasteiger partial charge in [-0.15, -0.1) is 0 Å². The standard InChI is InChI=1S/C25H30FN3O/c26-20-10-12-21(13-11-20)29-18-27-24(30)25(29)14-16-28(17-15-25)23-9-5-4-8-22(23)19-6-2-1-3-7-19/h1-3,6-7,10-13,22-23H,4-5,8-9,14-18H2,(H,27,30)/t22-,23-/m1/s1. The molecule has 1 saturated carbocycles. The molecule has 2 aromatic rings. The van der Waals surface area contributed by atoms with Crippen molar-refractivity contribution < 1.29 is 9.18 Å². The number of carbonyl (C=O) groups is 1. The lowest BCUT2D eigenvalue weighted by Crippen LogP contribution is -2.58. The molecule has 2 atom stereocenters. The van der Waals surface area contributed by atoms with Gasteiger partial charge in [0.15, 0.2) is 0 Å². The number of nitrogens with one attached hydrogen (secondary N) is 1. The number of hydrogen-bond acceptors (Lipinski definition) is 3. The number of rotatable bonds is 3. The van der Waals surface area contributed by atoms with Crippen molar-refractivity contribution >= 4 is 11.6 Å². The molecule has 0 radical (unpaired) electrons. The van der Waals surface area contributed by atoms with Gasteiger partial charge in [-0.3, -0.25) is 9.69 Å². The Morgan fingerprint density at radius 3 is 2.37 bits per heavy atom. The molecule has 3 aliphatic rings. The molecule has 4 nitrogen and oxygen atoms in total. The fourth-order valence-electron chi connectivity index (χ4n) is 5.91. The van der Waals surface area contributed by atoms with E-state index in [0.717, 1.165) is 31.6 Å². The number of piperidine rings is 1. The molecule has 158 valence electrons. The lowest BCUT2D eigenvalue weighted by molar-refractivity contribution is -0.125. The van der Waals surface area contributed by atoms with E-state index in [4.69, 9.17) is 0 Å². The smallest absolute Gasteiger partial charge is 0.247 e. The molecule has 3 fully saturated rings. The number of carbonyl (C=O) groups excluding carboxylic acids is 1. The van der Waals surface area contributed by atoms with Crippen LogP contribution in [0, 0.1) is 5.82 Å². The van der Waals surface area contributed by atoms with Crippen LogP contribution in [0.2, 0.25) is 0 Å². The number of benzene rings is 2. The highest BCUT2D eigenvalue weighted by molar-refractivity contribution is 5.93. The maximum atomic E-state index is 13.4. The molecule has 0 aromatic heterocycles. The molecule has 1 N–H and O–H groups in total. The number of hydrogen-bond donors (Lipinski definition) is 1. The van der Waals surface area contributed by atoms with Crippen molar-refractivity contribution in [2.75, 3.05) is 24.7 Å². The second-order valence-corrected chi connectivity index (χ2v) is 9.00. The van der Waals surface area contributed by atoms with E-state index < -0.39 is 5.54 Å². The topological polar surface area (TPSA) is 35.6 Å². The molecular weight excluding hydrogens is 377 g/mol. The van der Waals surface area contributed by atoms with Crippen LogP contribution in [0.3, 0.4) is 0 Å². The predicted octanol–water partition coefficient (Wildman–Crippen LogP) is 4.28. The van der Waals surface area contributed by atoms with E-state index in [0.29, 0.717) is 18.6 Å². The molecule has 5 rings (SSSR count). The van der Waals surface area contributed by atoms with Crippen LogP contribution in [0.15, 0.2) is 54.6 Å². The Bertz CT molecular complexity index is 877. The van der Waals surface area contributed by atoms with Crippen LogP contribution in [0.25, 0.3) is 0 Å². The highest BCUT2D eigenvalue weighted by Gasteiger charge is 2.51. The van der Waals surface area contributed by atoms with Crippen LogP contribution in [0.5, 0.6) is 0 Å². The normalized spacial score (nSPS) is 26.7. The molecule has 5 heteroatoms. The molecule has 30 heavy (non-hydrogen) atoms. The first kappa shape index (κ1) is 19.6. The zero-order valence-electron chi connectivity index (χ0n) is 17.4. The van der Waals surface area contributed by atoms with Crippen LogP contribution in [0.4, 0.5) is 10.1 Å². The van der Waals surface area contributed by atoms with Crippen molar-refractivity contribution in [1.82, 2.24) is 10.2 Å². The molecule has 0 unspecified atom stereocenters. The number of anilines is 1. The van der Waals surface area contributed by atoms with Gasteiger partial charge in [-0.25, -0.2) is 4.39 Å². The van der Waals surface area contributed by atoms with Crippen LogP contribution in [-0.2, 0) is 4.79 Å². The van der Waals surface area contributed by atoms with Gasteiger partial charge in [0.05, 0.1) is 6.67 Å². The van der Waals surface area contributed by atoms with Crippen LogP contribution in [-0.4, -0.2) is 42.1 Å². The van der Waals surface area contributed by atoms with Gasteiger partial charge in [0.2, 0.25) is 5.91 Å². The number of amides is 1. The average molecular weight is 408 g/mol. The summed E-state index contributed by atoms with van der Waals surface area (Å²) in [4.78, 5) is 17.7. The first-order chi connectivity index (χ1) is 14.7. The largest absolute Gasteiger partial charge is 0.339 e. The Kier molecular flexibility index (Phi) is 5.23. The number of nitrogens with zero attached hydrogens (tertiary/aromatic N) is 2. The SMILES string of the molecule is O=C1NCN(c2ccc(F)cc2)C12CCN([C@@H]1CCCC[C@@H]1c1ccccc1)CC2. The fraction of sp³-hybridized carbons (Fsp3) is 0.480. The summed E-state index contributed by atoms with van der Waals surface area (Å²) < 4.78 is 13.4. The predicted molar refractivity (Wildman–Crippen MR) is 117 cm³/mol. The second kappa shape index (κ2) is 8.03. The van der Waals surface area contributed by atoms with Gasteiger partial charge in [-0.05, 0) is 61.4 Å². The van der Waals surface area contributed by atoms with Crippen molar-refractivity contribution in [2.45, 2.75) is 56.0 Å². The summed E-state index contributed by atoms with van der Waals surface area (Å²) in [5.74, 6) is 0.458. The Morgan fingerprint density at radius 2 is 1.63 bits per heavy atom. The van der Waals surface area contributed by atoms with Gasteiger partial charge in [0, 0.05) is 24.8 Å². The van der Waals surface area contributed by atoms with E-state index in [2.05, 4.69) is 45.4 Å². The van der Waals surface area contributed by atoms with E-state index in [1.54, 1.807) is 12.1 Å². The zero-order chi connectivity index (χ0) is 20.6. The first-order valence-electron chi connectivity index (χ1n) is 11.3. The third-order valence-corrected chi connectivity index (χ3v) is 7.53. The fourth-order valence-corrected chi connectivity index (χ4v) is 5.91. The van der Waals surface area contributed by atoms with E-state index in [9.17, 15) is 9.18 Å². The van der Waals surface area contributed by atoms with Gasteiger partial charge >= 0.3 is 0 Å². The van der Waals surface area contributed by atoms with E-state index >= 15 is 0 Å². The van der Waals surface area contributed by atoms with Crippen molar-refractivity contribution in [3.8, 4) is 0 Å². The second-order valence-electron chi connectivity index (χ2n) is 9.00. The summed E-state index contributed by atoms with van der Waals surface area (Å²) in [6, 6.07) is 18.0. The minimum Gasteiger partial charge on any atom is -0.339 e. The summed E-state index contributed by atoms with van der Waals surface area (Å²) in [5, 5.41) is 3.05. The molecule has 1 spiro atoms. The summed E-state index contributed by atoms with van der Waals surface area (Å²) in [6.45, 7) is 2.36. The maximum Gasteiger partial charge on any atom is 0.247 e. The van der Waals surface area contributed by atoms with Crippen molar-refractivity contribution in [2.24, 2.45) is 0 Å². The van der Waals surface area contributed by atoms with Crippen molar-refractivity contribution in [1.29, 1.82) is 0 Å². The van der Waals surface area contributed by atoms with Crippen LogP contribution < -0.4 is 10.2 Å². The third kappa shape index (κ3) is 3.39. The molecule has 1 amide bonds. The highest BCUT2D eigenvalue weighted by atomic mass is 19.1. The molecule has 1 aliphatic carbocycles.